The zero-order valence-electron chi connectivity index (χ0n) is 12.3. The van der Waals surface area contributed by atoms with Crippen LogP contribution in [0, 0.1) is 17.6 Å². The first-order valence-electron chi connectivity index (χ1n) is 7.86. The average Bonchev–Trinajstić information content (AvgIpc) is 2.96. The van der Waals surface area contributed by atoms with Gasteiger partial charge in [0, 0.05) is 18.5 Å². The molecule has 0 radical (unpaired) electrons. The third-order valence-corrected chi connectivity index (χ3v) is 4.25. The normalized spacial score (nSPS) is 15.3. The van der Waals surface area contributed by atoms with E-state index in [9.17, 15) is 13.6 Å². The molecule has 1 amide bonds. The second kappa shape index (κ2) is 8.11. The van der Waals surface area contributed by atoms with Crippen LogP contribution in [0.5, 0.6) is 0 Å². The lowest BCUT2D eigenvalue weighted by Gasteiger charge is -2.09. The Labute approximate surface area is 124 Å². The van der Waals surface area contributed by atoms with E-state index in [0.29, 0.717) is 6.54 Å². The molecule has 2 rings (SSSR count). The van der Waals surface area contributed by atoms with Gasteiger partial charge in [-0.2, -0.15) is 0 Å². The van der Waals surface area contributed by atoms with E-state index in [-0.39, 0.29) is 24.3 Å². The maximum Gasteiger partial charge on any atom is 0.220 e. The Morgan fingerprint density at radius 2 is 1.86 bits per heavy atom. The highest BCUT2D eigenvalue weighted by Crippen LogP contribution is 2.28. The van der Waals surface area contributed by atoms with Crippen LogP contribution in [0.2, 0.25) is 0 Å². The second-order valence-corrected chi connectivity index (χ2v) is 5.84. The van der Waals surface area contributed by atoms with Crippen molar-refractivity contribution in [1.82, 2.24) is 5.32 Å². The maximum absolute atomic E-state index is 13.4. The molecule has 1 aromatic carbocycles. The van der Waals surface area contributed by atoms with E-state index in [2.05, 4.69) is 5.32 Å². The van der Waals surface area contributed by atoms with Crippen molar-refractivity contribution in [3.05, 3.63) is 35.4 Å². The molecular weight excluding hydrogens is 272 g/mol. The molecule has 0 unspecified atom stereocenters. The van der Waals surface area contributed by atoms with Crippen LogP contribution in [-0.4, -0.2) is 12.5 Å². The van der Waals surface area contributed by atoms with E-state index in [1.165, 1.54) is 50.3 Å². The maximum atomic E-state index is 13.4. The van der Waals surface area contributed by atoms with Gasteiger partial charge in [0.15, 0.2) is 0 Å². The Hall–Kier alpha value is -1.45. The Kier molecular flexibility index (Phi) is 6.15. The topological polar surface area (TPSA) is 29.1 Å². The van der Waals surface area contributed by atoms with Crippen LogP contribution >= 0.6 is 0 Å². The SMILES string of the molecule is O=C(CCc1c(F)cccc1F)NCCCC1CCCC1. The number of benzene rings is 1. The fraction of sp³-hybridized carbons (Fsp3) is 0.588. The fourth-order valence-corrected chi connectivity index (χ4v) is 3.02. The van der Waals surface area contributed by atoms with Crippen LogP contribution in [0.1, 0.15) is 50.5 Å². The predicted octanol–water partition coefficient (Wildman–Crippen LogP) is 3.98. The minimum absolute atomic E-state index is 0.00129. The van der Waals surface area contributed by atoms with E-state index in [1.807, 2.05) is 0 Å². The van der Waals surface area contributed by atoms with Crippen molar-refractivity contribution in [2.75, 3.05) is 6.54 Å². The molecule has 0 heterocycles. The number of nitrogens with one attached hydrogen (secondary N) is 1. The van der Waals surface area contributed by atoms with Gasteiger partial charge in [0.1, 0.15) is 11.6 Å². The standard InChI is InChI=1S/C17H23F2NO/c18-15-8-3-9-16(19)14(15)10-11-17(21)20-12-4-7-13-5-1-2-6-13/h3,8-9,13H,1-2,4-7,10-12H2,(H,20,21). The van der Waals surface area contributed by atoms with Gasteiger partial charge < -0.3 is 5.32 Å². The van der Waals surface area contributed by atoms with Crippen LogP contribution in [-0.2, 0) is 11.2 Å². The molecule has 1 aromatic rings. The van der Waals surface area contributed by atoms with Gasteiger partial charge in [-0.1, -0.05) is 31.7 Å². The summed E-state index contributed by atoms with van der Waals surface area (Å²) in [5.74, 6) is -0.466. The van der Waals surface area contributed by atoms with Crippen LogP contribution in [0.3, 0.4) is 0 Å². The van der Waals surface area contributed by atoms with Gasteiger partial charge in [0.05, 0.1) is 0 Å². The molecule has 1 fully saturated rings. The number of amides is 1. The third-order valence-electron chi connectivity index (χ3n) is 4.25. The summed E-state index contributed by atoms with van der Waals surface area (Å²) < 4.78 is 26.8. The lowest BCUT2D eigenvalue weighted by Crippen LogP contribution is -2.25. The van der Waals surface area contributed by atoms with Gasteiger partial charge >= 0.3 is 0 Å². The highest BCUT2D eigenvalue weighted by molar-refractivity contribution is 5.76. The monoisotopic (exact) mass is 295 g/mol. The molecule has 1 N–H and O–H groups in total. The average molecular weight is 295 g/mol. The Morgan fingerprint density at radius 1 is 1.19 bits per heavy atom. The summed E-state index contributed by atoms with van der Waals surface area (Å²) in [5, 5.41) is 2.83. The van der Waals surface area contributed by atoms with E-state index < -0.39 is 11.6 Å². The van der Waals surface area contributed by atoms with Gasteiger partial charge in [-0.05, 0) is 37.3 Å². The first-order valence-corrected chi connectivity index (χ1v) is 7.86. The molecular formula is C17H23F2NO. The highest BCUT2D eigenvalue weighted by atomic mass is 19.1. The van der Waals surface area contributed by atoms with Crippen molar-refractivity contribution in [2.24, 2.45) is 5.92 Å². The molecule has 4 heteroatoms. The summed E-state index contributed by atoms with van der Waals surface area (Å²) in [5.41, 5.74) is -0.00129. The van der Waals surface area contributed by atoms with Crippen LogP contribution < -0.4 is 5.32 Å². The molecule has 2 nitrogen and oxygen atoms in total. The second-order valence-electron chi connectivity index (χ2n) is 5.84. The zero-order chi connectivity index (χ0) is 15.1. The quantitative estimate of drug-likeness (QED) is 0.757. The Bertz CT molecular complexity index is 450. The van der Waals surface area contributed by atoms with Crippen molar-refractivity contribution < 1.29 is 13.6 Å². The molecule has 21 heavy (non-hydrogen) atoms. The van der Waals surface area contributed by atoms with Crippen LogP contribution in [0.4, 0.5) is 8.78 Å². The van der Waals surface area contributed by atoms with Crippen molar-refractivity contribution in [3.63, 3.8) is 0 Å². The van der Waals surface area contributed by atoms with Gasteiger partial charge in [-0.25, -0.2) is 8.78 Å². The molecule has 1 saturated carbocycles. The van der Waals surface area contributed by atoms with Gasteiger partial charge in [-0.3, -0.25) is 4.79 Å². The number of carbonyl (C=O) groups excluding carboxylic acids is 1. The number of hydrogen-bond donors (Lipinski definition) is 1. The number of carbonyl (C=O) groups is 1. The largest absolute Gasteiger partial charge is 0.356 e. The van der Waals surface area contributed by atoms with E-state index in [0.717, 1.165) is 12.3 Å². The van der Waals surface area contributed by atoms with Gasteiger partial charge in [-0.15, -0.1) is 0 Å². The lowest BCUT2D eigenvalue weighted by atomic mass is 10.0. The van der Waals surface area contributed by atoms with Crippen LogP contribution in [0.25, 0.3) is 0 Å². The summed E-state index contributed by atoms with van der Waals surface area (Å²) in [7, 11) is 0. The molecule has 0 atom stereocenters. The number of rotatable bonds is 7. The summed E-state index contributed by atoms with van der Waals surface area (Å²) in [6, 6.07) is 3.77. The van der Waals surface area contributed by atoms with E-state index in [4.69, 9.17) is 0 Å². The molecule has 0 bridgehead atoms. The Balaban J connectivity index is 1.63. The minimum Gasteiger partial charge on any atom is -0.356 e. The molecule has 0 aliphatic heterocycles. The van der Waals surface area contributed by atoms with Crippen molar-refractivity contribution in [1.29, 1.82) is 0 Å². The number of hydrogen-bond acceptors (Lipinski definition) is 1. The van der Waals surface area contributed by atoms with Crippen molar-refractivity contribution >= 4 is 5.91 Å². The van der Waals surface area contributed by atoms with Gasteiger partial charge in [0.2, 0.25) is 5.91 Å². The smallest absolute Gasteiger partial charge is 0.220 e. The Morgan fingerprint density at radius 3 is 2.52 bits per heavy atom. The highest BCUT2D eigenvalue weighted by Gasteiger charge is 2.14. The third kappa shape index (κ3) is 5.10. The van der Waals surface area contributed by atoms with E-state index >= 15 is 0 Å². The molecule has 1 aliphatic rings. The minimum atomic E-state index is -0.580. The fourth-order valence-electron chi connectivity index (χ4n) is 3.02. The van der Waals surface area contributed by atoms with Gasteiger partial charge in [0.25, 0.3) is 0 Å². The van der Waals surface area contributed by atoms with E-state index in [1.54, 1.807) is 0 Å². The molecule has 1 aliphatic carbocycles. The molecule has 0 aromatic heterocycles. The van der Waals surface area contributed by atoms with Crippen molar-refractivity contribution in [3.8, 4) is 0 Å². The summed E-state index contributed by atoms with van der Waals surface area (Å²) in [6.45, 7) is 0.662. The predicted molar refractivity (Wildman–Crippen MR) is 78.9 cm³/mol. The zero-order valence-corrected chi connectivity index (χ0v) is 12.3. The lowest BCUT2D eigenvalue weighted by molar-refractivity contribution is -0.121. The summed E-state index contributed by atoms with van der Waals surface area (Å²) in [6.07, 6.45) is 7.71. The number of halogens is 2. The van der Waals surface area contributed by atoms with Crippen molar-refractivity contribution in [2.45, 2.75) is 51.4 Å². The summed E-state index contributed by atoms with van der Waals surface area (Å²) in [4.78, 5) is 11.7. The molecule has 0 spiro atoms. The summed E-state index contributed by atoms with van der Waals surface area (Å²) >= 11 is 0. The molecule has 116 valence electrons. The first kappa shape index (κ1) is 15.9. The van der Waals surface area contributed by atoms with Crippen LogP contribution in [0.15, 0.2) is 18.2 Å². The molecule has 0 saturated heterocycles. The first-order chi connectivity index (χ1) is 10.2.